The van der Waals surface area contributed by atoms with E-state index in [9.17, 15) is 9.59 Å². The lowest BCUT2D eigenvalue weighted by Gasteiger charge is -2.18. The van der Waals surface area contributed by atoms with Crippen LogP contribution >= 0.6 is 0 Å². The number of ether oxygens (including phenoxy) is 3. The molecule has 0 aromatic carbocycles. The fraction of sp³-hybridized carbons (Fsp3) is 0.953. The van der Waals surface area contributed by atoms with Crippen molar-refractivity contribution in [2.75, 3.05) is 26.4 Å². The molecule has 1 N–H and O–H groups in total. The molecule has 0 aromatic heterocycles. The molecule has 0 rings (SSSR count). The number of aliphatic carboxylic acids is 1. The molecule has 0 aromatic rings. The number of carboxylic acid groups (broad SMARTS) is 1. The minimum Gasteiger partial charge on any atom is -0.481 e. The summed E-state index contributed by atoms with van der Waals surface area (Å²) in [4.78, 5) is 22.7. The standard InChI is InChI=1S/C43H84O6/c1-3-5-7-9-11-13-15-17-19-21-23-25-27-29-31-33-37-47-39-41(40-49-43(46)36-35-42(44)45)48-38-34-32-30-28-26-24-22-20-18-16-14-12-10-8-6-4-2/h41H,3-40H2,1-2H3,(H,44,45)/t41-/m1/s1. The highest BCUT2D eigenvalue weighted by Gasteiger charge is 2.14. The summed E-state index contributed by atoms with van der Waals surface area (Å²) in [5.74, 6) is -1.48. The number of hydrogen-bond donors (Lipinski definition) is 1. The largest absolute Gasteiger partial charge is 0.481 e. The van der Waals surface area contributed by atoms with Gasteiger partial charge in [-0.2, -0.15) is 0 Å². The maximum Gasteiger partial charge on any atom is 0.306 e. The summed E-state index contributed by atoms with van der Waals surface area (Å²) in [7, 11) is 0. The molecule has 0 spiro atoms. The average molecular weight is 697 g/mol. The Labute approximate surface area is 305 Å². The zero-order valence-corrected chi connectivity index (χ0v) is 32.9. The van der Waals surface area contributed by atoms with E-state index in [1.807, 2.05) is 0 Å². The molecular weight excluding hydrogens is 612 g/mol. The van der Waals surface area contributed by atoms with Gasteiger partial charge < -0.3 is 19.3 Å². The Hall–Kier alpha value is -1.14. The lowest BCUT2D eigenvalue weighted by Crippen LogP contribution is -2.28. The second-order valence-corrected chi connectivity index (χ2v) is 14.8. The van der Waals surface area contributed by atoms with Crippen LogP contribution in [0.25, 0.3) is 0 Å². The fourth-order valence-corrected chi connectivity index (χ4v) is 6.48. The Balaban J connectivity index is 3.82. The van der Waals surface area contributed by atoms with E-state index in [0.717, 1.165) is 19.3 Å². The molecule has 0 amide bonds. The van der Waals surface area contributed by atoms with Crippen molar-refractivity contribution in [2.24, 2.45) is 0 Å². The van der Waals surface area contributed by atoms with Gasteiger partial charge in [0, 0.05) is 13.2 Å². The molecule has 0 aliphatic carbocycles. The Bertz CT molecular complexity index is 669. The first-order valence-electron chi connectivity index (χ1n) is 21.7. The van der Waals surface area contributed by atoms with Gasteiger partial charge in [0.05, 0.1) is 19.4 Å². The molecule has 0 unspecified atom stereocenters. The van der Waals surface area contributed by atoms with Crippen molar-refractivity contribution >= 4 is 11.9 Å². The minimum atomic E-state index is -0.990. The molecular formula is C43H84O6. The predicted octanol–water partition coefficient (Wildman–Crippen LogP) is 13.3. The second-order valence-electron chi connectivity index (χ2n) is 14.8. The smallest absolute Gasteiger partial charge is 0.306 e. The maximum atomic E-state index is 11.9. The topological polar surface area (TPSA) is 82.1 Å². The number of carbonyl (C=O) groups is 2. The van der Waals surface area contributed by atoms with Gasteiger partial charge in [-0.15, -0.1) is 0 Å². The summed E-state index contributed by atoms with van der Waals surface area (Å²) in [5, 5.41) is 8.82. The summed E-state index contributed by atoms with van der Waals surface area (Å²) < 4.78 is 17.3. The summed E-state index contributed by atoms with van der Waals surface area (Å²) in [6.45, 7) is 6.43. The minimum absolute atomic E-state index is 0.110. The number of unbranched alkanes of at least 4 members (excludes halogenated alkanes) is 30. The van der Waals surface area contributed by atoms with Crippen LogP contribution in [0.4, 0.5) is 0 Å². The van der Waals surface area contributed by atoms with Gasteiger partial charge >= 0.3 is 11.9 Å². The van der Waals surface area contributed by atoms with E-state index in [1.165, 1.54) is 186 Å². The van der Waals surface area contributed by atoms with E-state index < -0.39 is 11.9 Å². The van der Waals surface area contributed by atoms with Crippen LogP contribution in [-0.2, 0) is 23.8 Å². The van der Waals surface area contributed by atoms with Crippen molar-refractivity contribution in [2.45, 2.75) is 238 Å². The number of carboxylic acids is 1. The zero-order chi connectivity index (χ0) is 35.7. The first-order valence-corrected chi connectivity index (χ1v) is 21.7. The van der Waals surface area contributed by atoms with Crippen molar-refractivity contribution in [3.63, 3.8) is 0 Å². The highest BCUT2D eigenvalue weighted by atomic mass is 16.6. The molecule has 6 heteroatoms. The van der Waals surface area contributed by atoms with E-state index in [1.54, 1.807) is 0 Å². The number of carbonyl (C=O) groups excluding carboxylic acids is 1. The fourth-order valence-electron chi connectivity index (χ4n) is 6.48. The molecule has 0 bridgehead atoms. The number of rotatable bonds is 42. The van der Waals surface area contributed by atoms with Crippen LogP contribution < -0.4 is 0 Å². The predicted molar refractivity (Wildman–Crippen MR) is 207 cm³/mol. The van der Waals surface area contributed by atoms with Crippen molar-refractivity contribution in [1.29, 1.82) is 0 Å². The average Bonchev–Trinajstić information content (AvgIpc) is 3.10. The molecule has 0 saturated carbocycles. The highest BCUT2D eigenvalue weighted by molar-refractivity contribution is 5.76. The van der Waals surface area contributed by atoms with E-state index in [4.69, 9.17) is 19.3 Å². The van der Waals surface area contributed by atoms with Gasteiger partial charge in [-0.25, -0.2) is 0 Å². The van der Waals surface area contributed by atoms with Crippen LogP contribution in [0.3, 0.4) is 0 Å². The molecule has 0 aliphatic heterocycles. The van der Waals surface area contributed by atoms with Crippen LogP contribution in [0.5, 0.6) is 0 Å². The van der Waals surface area contributed by atoms with Gasteiger partial charge in [0.15, 0.2) is 0 Å². The van der Waals surface area contributed by atoms with Crippen molar-refractivity contribution in [3.8, 4) is 0 Å². The lowest BCUT2D eigenvalue weighted by molar-refractivity contribution is -0.152. The van der Waals surface area contributed by atoms with E-state index in [0.29, 0.717) is 19.8 Å². The SMILES string of the molecule is CCCCCCCCCCCCCCCCCCOC[C@H](COC(=O)CCC(=O)O)OCCCCCCCCCCCCCCCCCC. The third kappa shape index (κ3) is 41.2. The maximum absolute atomic E-state index is 11.9. The number of hydrogen-bond acceptors (Lipinski definition) is 5. The van der Waals surface area contributed by atoms with Crippen LogP contribution in [0.15, 0.2) is 0 Å². The van der Waals surface area contributed by atoms with Crippen LogP contribution in [0, 0.1) is 0 Å². The molecule has 0 fully saturated rings. The first kappa shape index (κ1) is 47.9. The van der Waals surface area contributed by atoms with Gasteiger partial charge in [-0.05, 0) is 12.8 Å². The Morgan fingerprint density at radius 2 is 0.755 bits per heavy atom. The van der Waals surface area contributed by atoms with Crippen LogP contribution in [0.2, 0.25) is 0 Å². The summed E-state index contributed by atoms with van der Waals surface area (Å²) in [5.41, 5.74) is 0. The first-order chi connectivity index (χ1) is 24.1. The normalized spacial score (nSPS) is 12.0. The summed E-state index contributed by atoms with van der Waals surface area (Å²) >= 11 is 0. The third-order valence-electron chi connectivity index (χ3n) is 9.77. The van der Waals surface area contributed by atoms with E-state index >= 15 is 0 Å². The Morgan fingerprint density at radius 1 is 0.429 bits per heavy atom. The Morgan fingerprint density at radius 3 is 1.10 bits per heavy atom. The number of esters is 1. The molecule has 0 heterocycles. The molecule has 0 saturated heterocycles. The highest BCUT2D eigenvalue weighted by Crippen LogP contribution is 2.15. The van der Waals surface area contributed by atoms with Crippen LogP contribution in [-0.4, -0.2) is 49.6 Å². The van der Waals surface area contributed by atoms with Gasteiger partial charge in [-0.1, -0.05) is 206 Å². The van der Waals surface area contributed by atoms with Crippen molar-refractivity contribution in [1.82, 2.24) is 0 Å². The van der Waals surface area contributed by atoms with Gasteiger partial charge in [0.1, 0.15) is 12.7 Å². The quantitative estimate of drug-likeness (QED) is 0.0505. The van der Waals surface area contributed by atoms with Crippen LogP contribution in [0.1, 0.15) is 232 Å². The third-order valence-corrected chi connectivity index (χ3v) is 9.77. The second kappa shape index (κ2) is 41.3. The van der Waals surface area contributed by atoms with Crippen molar-refractivity contribution in [3.05, 3.63) is 0 Å². The van der Waals surface area contributed by atoms with Gasteiger partial charge in [0.2, 0.25) is 0 Å². The summed E-state index contributed by atoms with van der Waals surface area (Å²) in [6.07, 6.45) is 42.4. The molecule has 0 aliphatic rings. The molecule has 6 nitrogen and oxygen atoms in total. The monoisotopic (exact) mass is 697 g/mol. The zero-order valence-electron chi connectivity index (χ0n) is 32.9. The summed E-state index contributed by atoms with van der Waals surface area (Å²) in [6, 6.07) is 0. The van der Waals surface area contributed by atoms with Crippen molar-refractivity contribution < 1.29 is 28.9 Å². The Kier molecular flexibility index (Phi) is 40.3. The lowest BCUT2D eigenvalue weighted by atomic mass is 10.0. The van der Waals surface area contributed by atoms with E-state index in [2.05, 4.69) is 13.8 Å². The molecule has 1 atom stereocenters. The van der Waals surface area contributed by atoms with Gasteiger partial charge in [0.25, 0.3) is 0 Å². The van der Waals surface area contributed by atoms with Gasteiger partial charge in [-0.3, -0.25) is 9.59 Å². The van der Waals surface area contributed by atoms with E-state index in [-0.39, 0.29) is 25.6 Å². The molecule has 292 valence electrons. The molecule has 0 radical (unpaired) electrons. The molecule has 49 heavy (non-hydrogen) atoms.